The van der Waals surface area contributed by atoms with Gasteiger partial charge in [-0.15, -0.1) is 0 Å². The van der Waals surface area contributed by atoms with Gasteiger partial charge in [0.15, 0.2) is 0 Å². The molecular weight excluding hydrogens is 412 g/mol. The van der Waals surface area contributed by atoms with Crippen LogP contribution in [-0.4, -0.2) is 15.9 Å². The van der Waals surface area contributed by atoms with E-state index < -0.39 is 11.7 Å². The standard InChI is InChI=1S/C22H16Cl2FN3O/c1-11(19-17(23)6-7-18(25)20(19)24)16-10-28-22-15(16)8-14(9-27-22)12-2-4-13(5-3-12)21(26)29/h2-11H,1H3,(H2,26,29)(H,27,28). The Morgan fingerprint density at radius 3 is 2.55 bits per heavy atom. The highest BCUT2D eigenvalue weighted by atomic mass is 35.5. The van der Waals surface area contributed by atoms with Crippen LogP contribution in [0.1, 0.15) is 34.3 Å². The fourth-order valence-electron chi connectivity index (χ4n) is 3.46. The molecule has 0 aliphatic heterocycles. The Labute approximate surface area is 176 Å². The van der Waals surface area contributed by atoms with Crippen LogP contribution in [0.2, 0.25) is 10.0 Å². The number of hydrogen-bond acceptors (Lipinski definition) is 2. The molecule has 0 radical (unpaired) electrons. The molecule has 3 N–H and O–H groups in total. The molecule has 0 spiro atoms. The maximum Gasteiger partial charge on any atom is 0.248 e. The fourth-order valence-corrected chi connectivity index (χ4v) is 4.16. The molecule has 4 rings (SSSR count). The summed E-state index contributed by atoms with van der Waals surface area (Å²) in [6.45, 7) is 1.92. The van der Waals surface area contributed by atoms with Crippen LogP contribution in [0.15, 0.2) is 54.9 Å². The fraction of sp³-hybridized carbons (Fsp3) is 0.0909. The van der Waals surface area contributed by atoms with Crippen LogP contribution in [-0.2, 0) is 0 Å². The van der Waals surface area contributed by atoms with Crippen molar-refractivity contribution >= 4 is 40.1 Å². The van der Waals surface area contributed by atoms with Gasteiger partial charge in [0.25, 0.3) is 0 Å². The third kappa shape index (κ3) is 3.48. The minimum Gasteiger partial charge on any atom is -0.366 e. The van der Waals surface area contributed by atoms with Crippen LogP contribution in [0.25, 0.3) is 22.2 Å². The van der Waals surface area contributed by atoms with Gasteiger partial charge in [-0.25, -0.2) is 9.37 Å². The van der Waals surface area contributed by atoms with Gasteiger partial charge < -0.3 is 10.7 Å². The summed E-state index contributed by atoms with van der Waals surface area (Å²) in [5, 5.41) is 1.31. The van der Waals surface area contributed by atoms with E-state index in [1.165, 1.54) is 12.1 Å². The lowest BCUT2D eigenvalue weighted by Crippen LogP contribution is -2.10. The number of primary amides is 1. The summed E-state index contributed by atoms with van der Waals surface area (Å²) >= 11 is 12.5. The molecule has 0 aliphatic rings. The van der Waals surface area contributed by atoms with Gasteiger partial charge in [0.1, 0.15) is 11.5 Å². The van der Waals surface area contributed by atoms with Crippen LogP contribution < -0.4 is 5.73 Å². The van der Waals surface area contributed by atoms with Crippen LogP contribution >= 0.6 is 23.2 Å². The number of hydrogen-bond donors (Lipinski definition) is 2. The van der Waals surface area contributed by atoms with Crippen molar-refractivity contribution in [3.8, 4) is 11.1 Å². The summed E-state index contributed by atoms with van der Waals surface area (Å²) in [5.41, 5.74) is 9.64. The van der Waals surface area contributed by atoms with Gasteiger partial charge in [0, 0.05) is 39.8 Å². The van der Waals surface area contributed by atoms with Crippen molar-refractivity contribution in [1.82, 2.24) is 9.97 Å². The Balaban J connectivity index is 1.80. The molecule has 4 nitrogen and oxygen atoms in total. The summed E-state index contributed by atoms with van der Waals surface area (Å²) in [6, 6.07) is 11.7. The number of amides is 1. The van der Waals surface area contributed by atoms with Gasteiger partial charge in [-0.2, -0.15) is 0 Å². The zero-order valence-corrected chi connectivity index (χ0v) is 16.9. The van der Waals surface area contributed by atoms with Gasteiger partial charge in [-0.05, 0) is 47.0 Å². The van der Waals surface area contributed by atoms with Crippen molar-refractivity contribution in [2.45, 2.75) is 12.8 Å². The molecule has 0 aliphatic carbocycles. The summed E-state index contributed by atoms with van der Waals surface area (Å²) < 4.78 is 14.0. The molecule has 0 saturated carbocycles. The molecule has 1 amide bonds. The monoisotopic (exact) mass is 427 g/mol. The molecule has 1 unspecified atom stereocenters. The van der Waals surface area contributed by atoms with E-state index in [2.05, 4.69) is 9.97 Å². The van der Waals surface area contributed by atoms with Crippen LogP contribution in [0, 0.1) is 5.82 Å². The number of nitrogens with one attached hydrogen (secondary N) is 1. The number of aromatic nitrogens is 2. The third-order valence-electron chi connectivity index (χ3n) is 5.04. The van der Waals surface area contributed by atoms with Crippen molar-refractivity contribution < 1.29 is 9.18 Å². The predicted molar refractivity (Wildman–Crippen MR) is 114 cm³/mol. The second-order valence-electron chi connectivity index (χ2n) is 6.78. The second-order valence-corrected chi connectivity index (χ2v) is 7.57. The number of benzene rings is 2. The lowest BCUT2D eigenvalue weighted by Gasteiger charge is -2.15. The number of fused-ring (bicyclic) bond motifs is 1. The van der Waals surface area contributed by atoms with Crippen molar-refractivity contribution in [2.24, 2.45) is 5.73 Å². The number of nitrogens with zero attached hydrogens (tertiary/aromatic N) is 1. The second kappa shape index (κ2) is 7.50. The summed E-state index contributed by atoms with van der Waals surface area (Å²) in [4.78, 5) is 18.9. The Bertz CT molecular complexity index is 1240. The Morgan fingerprint density at radius 1 is 1.14 bits per heavy atom. The highest BCUT2D eigenvalue weighted by molar-refractivity contribution is 6.36. The van der Waals surface area contributed by atoms with Gasteiger partial charge >= 0.3 is 0 Å². The summed E-state index contributed by atoms with van der Waals surface area (Å²) in [5.74, 6) is -1.24. The van der Waals surface area contributed by atoms with Gasteiger partial charge in [-0.3, -0.25) is 4.79 Å². The first-order valence-electron chi connectivity index (χ1n) is 8.87. The molecular formula is C22H16Cl2FN3O. The average Bonchev–Trinajstić information content (AvgIpc) is 3.14. The van der Waals surface area contributed by atoms with E-state index in [4.69, 9.17) is 28.9 Å². The SMILES string of the molecule is CC(c1c(Cl)ccc(F)c1Cl)c1c[nH]c2ncc(-c3ccc(C(N)=O)cc3)cc12. The Morgan fingerprint density at radius 2 is 1.86 bits per heavy atom. The van der Waals surface area contributed by atoms with E-state index in [-0.39, 0.29) is 10.9 Å². The third-order valence-corrected chi connectivity index (χ3v) is 5.76. The largest absolute Gasteiger partial charge is 0.366 e. The molecule has 1 atom stereocenters. The van der Waals surface area contributed by atoms with Crippen molar-refractivity contribution in [1.29, 1.82) is 0 Å². The predicted octanol–water partition coefficient (Wildman–Crippen LogP) is 5.93. The van der Waals surface area contributed by atoms with Crippen molar-refractivity contribution in [3.63, 3.8) is 0 Å². The van der Waals surface area contributed by atoms with E-state index in [0.29, 0.717) is 21.8 Å². The topological polar surface area (TPSA) is 71.8 Å². The number of rotatable bonds is 4. The van der Waals surface area contributed by atoms with E-state index in [0.717, 1.165) is 22.1 Å². The first-order chi connectivity index (χ1) is 13.9. The first kappa shape index (κ1) is 19.4. The smallest absolute Gasteiger partial charge is 0.248 e. The van der Waals surface area contributed by atoms with E-state index in [1.54, 1.807) is 18.3 Å². The van der Waals surface area contributed by atoms with E-state index in [9.17, 15) is 9.18 Å². The minimum atomic E-state index is -0.508. The van der Waals surface area contributed by atoms with Crippen LogP contribution in [0.5, 0.6) is 0 Å². The van der Waals surface area contributed by atoms with Crippen LogP contribution in [0.3, 0.4) is 0 Å². The number of H-pyrrole nitrogens is 1. The molecule has 29 heavy (non-hydrogen) atoms. The number of pyridine rings is 1. The summed E-state index contributed by atoms with van der Waals surface area (Å²) in [6.07, 6.45) is 3.58. The molecule has 0 saturated heterocycles. The number of carbonyl (C=O) groups excluding carboxylic acids is 1. The molecule has 146 valence electrons. The van der Waals surface area contributed by atoms with Crippen LogP contribution in [0.4, 0.5) is 4.39 Å². The zero-order chi connectivity index (χ0) is 20.7. The van der Waals surface area contributed by atoms with Crippen molar-refractivity contribution in [3.05, 3.63) is 87.4 Å². The van der Waals surface area contributed by atoms with Crippen molar-refractivity contribution in [2.75, 3.05) is 0 Å². The normalized spacial score (nSPS) is 12.3. The molecule has 4 aromatic rings. The number of halogens is 3. The molecule has 2 heterocycles. The van der Waals surface area contributed by atoms with E-state index >= 15 is 0 Å². The first-order valence-corrected chi connectivity index (χ1v) is 9.63. The molecule has 0 fully saturated rings. The Kier molecular flexibility index (Phi) is 5.03. The molecule has 7 heteroatoms. The highest BCUT2D eigenvalue weighted by Gasteiger charge is 2.21. The quantitative estimate of drug-likeness (QED) is 0.396. The highest BCUT2D eigenvalue weighted by Crippen LogP contribution is 2.39. The minimum absolute atomic E-state index is 0.0190. The number of carbonyl (C=O) groups is 1. The average molecular weight is 428 g/mol. The molecule has 2 aromatic heterocycles. The number of nitrogens with two attached hydrogens (primary N) is 1. The number of aromatic amines is 1. The maximum atomic E-state index is 14.0. The Hall–Kier alpha value is -2.89. The van der Waals surface area contributed by atoms with Gasteiger partial charge in [-0.1, -0.05) is 42.3 Å². The maximum absolute atomic E-state index is 14.0. The van der Waals surface area contributed by atoms with Gasteiger partial charge in [0.05, 0.1) is 5.02 Å². The lowest BCUT2D eigenvalue weighted by molar-refractivity contribution is 0.100. The lowest BCUT2D eigenvalue weighted by atomic mass is 9.92. The summed E-state index contributed by atoms with van der Waals surface area (Å²) in [7, 11) is 0. The molecule has 2 aromatic carbocycles. The van der Waals surface area contributed by atoms with Gasteiger partial charge in [0.2, 0.25) is 5.91 Å². The van der Waals surface area contributed by atoms with E-state index in [1.807, 2.05) is 31.3 Å². The zero-order valence-electron chi connectivity index (χ0n) is 15.3. The molecule has 0 bridgehead atoms.